The first-order valence-electron chi connectivity index (χ1n) is 8.14. The molecular weight excluding hydrogens is 382 g/mol. The smallest absolute Gasteiger partial charge is 0.343 e. The van der Waals surface area contributed by atoms with Gasteiger partial charge in [0.05, 0.1) is 33.1 Å². The maximum Gasteiger partial charge on any atom is 0.343 e. The first kappa shape index (κ1) is 21.2. The molecular formula is C19H19N3O7. The van der Waals surface area contributed by atoms with Crippen LogP contribution in [0.15, 0.2) is 41.5 Å². The molecule has 29 heavy (non-hydrogen) atoms. The Labute approximate surface area is 166 Å². The van der Waals surface area contributed by atoms with E-state index in [0.717, 1.165) is 0 Å². The highest BCUT2D eigenvalue weighted by molar-refractivity contribution is 6.34. The molecule has 3 N–H and O–H groups in total. The normalized spacial score (nSPS) is 10.3. The fraction of sp³-hybridized carbons (Fsp3) is 0.158. The molecule has 0 saturated heterocycles. The highest BCUT2D eigenvalue weighted by atomic mass is 16.5. The number of carbonyl (C=O) groups excluding carboxylic acids is 3. The van der Waals surface area contributed by atoms with E-state index in [1.54, 1.807) is 12.1 Å². The molecule has 0 unspecified atom stereocenters. The molecule has 2 rings (SSSR count). The van der Waals surface area contributed by atoms with Crippen molar-refractivity contribution in [3.63, 3.8) is 0 Å². The highest BCUT2D eigenvalue weighted by Crippen LogP contribution is 2.38. The number of nitrogens with one attached hydrogen (secondary N) is 1. The van der Waals surface area contributed by atoms with Gasteiger partial charge in [0.2, 0.25) is 5.75 Å². The number of amides is 2. The average molecular weight is 401 g/mol. The van der Waals surface area contributed by atoms with Crippen LogP contribution in [0.3, 0.4) is 0 Å². The van der Waals surface area contributed by atoms with Crippen molar-refractivity contribution in [1.29, 1.82) is 0 Å². The Balaban J connectivity index is 2.10. The number of nitrogens with two attached hydrogens (primary N) is 1. The molecule has 10 heteroatoms. The first-order chi connectivity index (χ1) is 13.9. The molecule has 0 aliphatic carbocycles. The second kappa shape index (κ2) is 9.74. The van der Waals surface area contributed by atoms with E-state index in [2.05, 4.69) is 5.10 Å². The molecule has 0 saturated carbocycles. The van der Waals surface area contributed by atoms with Crippen LogP contribution < -0.4 is 30.1 Å². The minimum absolute atomic E-state index is 0.208. The van der Waals surface area contributed by atoms with Crippen molar-refractivity contribution in [1.82, 2.24) is 5.43 Å². The SMILES string of the molecule is COc1cc(C(=O)Oc2ccc(/C=N/NC(=O)C(N)=O)cc2)cc(OC)c1OC. The zero-order valence-corrected chi connectivity index (χ0v) is 15.9. The molecule has 2 aromatic carbocycles. The van der Waals surface area contributed by atoms with Gasteiger partial charge < -0.3 is 24.7 Å². The van der Waals surface area contributed by atoms with E-state index in [0.29, 0.717) is 22.8 Å². The summed E-state index contributed by atoms with van der Waals surface area (Å²) in [5.74, 6) is -1.51. The molecule has 0 spiro atoms. The molecule has 0 bridgehead atoms. The van der Waals surface area contributed by atoms with Gasteiger partial charge in [-0.2, -0.15) is 5.10 Å². The van der Waals surface area contributed by atoms with Gasteiger partial charge >= 0.3 is 17.8 Å². The second-order valence-electron chi connectivity index (χ2n) is 5.44. The third-order valence-corrected chi connectivity index (χ3v) is 3.59. The third kappa shape index (κ3) is 5.45. The molecule has 2 aromatic rings. The zero-order valence-electron chi connectivity index (χ0n) is 15.9. The number of primary amides is 1. The van der Waals surface area contributed by atoms with Crippen molar-refractivity contribution >= 4 is 24.0 Å². The van der Waals surface area contributed by atoms with Gasteiger partial charge in [0.25, 0.3) is 0 Å². The predicted octanol–water partition coefficient (Wildman–Crippen LogP) is 0.867. The van der Waals surface area contributed by atoms with E-state index in [1.165, 1.54) is 51.8 Å². The van der Waals surface area contributed by atoms with Crippen LogP contribution in [0.1, 0.15) is 15.9 Å². The standard InChI is InChI=1S/C19H19N3O7/c1-26-14-8-12(9-15(27-2)16(14)28-3)19(25)29-13-6-4-11(5-7-13)10-21-22-18(24)17(20)23/h4-10H,1-3H3,(H2,20,23)(H,22,24)/b21-10+. The summed E-state index contributed by atoms with van der Waals surface area (Å²) in [6, 6.07) is 9.22. The molecule has 0 aliphatic heterocycles. The number of methoxy groups -OCH3 is 3. The van der Waals surface area contributed by atoms with Gasteiger partial charge in [0, 0.05) is 0 Å². The monoisotopic (exact) mass is 401 g/mol. The number of hydrazone groups is 1. The average Bonchev–Trinajstić information content (AvgIpc) is 2.73. The van der Waals surface area contributed by atoms with Crippen molar-refractivity contribution in [3.8, 4) is 23.0 Å². The van der Waals surface area contributed by atoms with Gasteiger partial charge in [-0.25, -0.2) is 10.2 Å². The van der Waals surface area contributed by atoms with Gasteiger partial charge in [-0.1, -0.05) is 0 Å². The Morgan fingerprint density at radius 2 is 1.55 bits per heavy atom. The van der Waals surface area contributed by atoms with Crippen molar-refractivity contribution in [2.75, 3.05) is 21.3 Å². The maximum absolute atomic E-state index is 12.5. The van der Waals surface area contributed by atoms with Crippen LogP contribution >= 0.6 is 0 Å². The number of rotatable bonds is 7. The number of esters is 1. The summed E-state index contributed by atoms with van der Waals surface area (Å²) in [5.41, 5.74) is 7.55. The lowest BCUT2D eigenvalue weighted by Crippen LogP contribution is -2.32. The molecule has 0 aromatic heterocycles. The zero-order chi connectivity index (χ0) is 21.4. The molecule has 0 atom stereocenters. The number of carbonyl (C=O) groups is 3. The summed E-state index contributed by atoms with van der Waals surface area (Å²) in [7, 11) is 4.35. The van der Waals surface area contributed by atoms with Crippen LogP contribution in [0, 0.1) is 0 Å². The van der Waals surface area contributed by atoms with E-state index in [9.17, 15) is 14.4 Å². The minimum Gasteiger partial charge on any atom is -0.493 e. The van der Waals surface area contributed by atoms with E-state index in [1.807, 2.05) is 5.43 Å². The number of benzene rings is 2. The maximum atomic E-state index is 12.5. The van der Waals surface area contributed by atoms with Crippen LogP contribution in [0.2, 0.25) is 0 Å². The fourth-order valence-electron chi connectivity index (χ4n) is 2.21. The number of nitrogens with zero attached hydrogens (tertiary/aromatic N) is 1. The van der Waals surface area contributed by atoms with Crippen LogP contribution in [-0.4, -0.2) is 45.3 Å². The Bertz CT molecular complexity index is 914. The topological polar surface area (TPSA) is 139 Å². The van der Waals surface area contributed by atoms with Gasteiger partial charge in [-0.15, -0.1) is 0 Å². The van der Waals surface area contributed by atoms with E-state index >= 15 is 0 Å². The van der Waals surface area contributed by atoms with Crippen LogP contribution in [0.5, 0.6) is 23.0 Å². The lowest BCUT2D eigenvalue weighted by Gasteiger charge is -2.13. The molecule has 2 amide bonds. The minimum atomic E-state index is -1.14. The highest BCUT2D eigenvalue weighted by Gasteiger charge is 2.18. The summed E-state index contributed by atoms with van der Waals surface area (Å²) in [6.07, 6.45) is 1.30. The van der Waals surface area contributed by atoms with Crippen LogP contribution in [0.25, 0.3) is 0 Å². The first-order valence-corrected chi connectivity index (χ1v) is 8.14. The summed E-state index contributed by atoms with van der Waals surface area (Å²) in [6.45, 7) is 0. The van der Waals surface area contributed by atoms with Crippen LogP contribution in [0.4, 0.5) is 0 Å². The summed E-state index contributed by atoms with van der Waals surface area (Å²) in [4.78, 5) is 34.0. The quantitative estimate of drug-likeness (QED) is 0.231. The third-order valence-electron chi connectivity index (χ3n) is 3.59. The Hall–Kier alpha value is -4.08. The predicted molar refractivity (Wildman–Crippen MR) is 102 cm³/mol. The Morgan fingerprint density at radius 3 is 2.03 bits per heavy atom. The summed E-state index contributed by atoms with van der Waals surface area (Å²) >= 11 is 0. The molecule has 0 fully saturated rings. The fourth-order valence-corrected chi connectivity index (χ4v) is 2.21. The lowest BCUT2D eigenvalue weighted by molar-refractivity contribution is -0.137. The van der Waals surface area contributed by atoms with Gasteiger partial charge in [0.1, 0.15) is 5.75 Å². The molecule has 0 radical (unpaired) electrons. The largest absolute Gasteiger partial charge is 0.493 e. The van der Waals surface area contributed by atoms with E-state index in [-0.39, 0.29) is 11.3 Å². The van der Waals surface area contributed by atoms with Crippen molar-refractivity contribution < 1.29 is 33.3 Å². The Kier molecular flexibility index (Phi) is 7.13. The second-order valence-corrected chi connectivity index (χ2v) is 5.44. The van der Waals surface area contributed by atoms with Crippen molar-refractivity contribution in [2.24, 2.45) is 10.8 Å². The number of hydrogen-bond donors (Lipinski definition) is 2. The summed E-state index contributed by atoms with van der Waals surface area (Å²) < 4.78 is 21.0. The van der Waals surface area contributed by atoms with Gasteiger partial charge in [-0.05, 0) is 42.0 Å². The number of hydrogen-bond acceptors (Lipinski definition) is 8. The van der Waals surface area contributed by atoms with E-state index < -0.39 is 17.8 Å². The van der Waals surface area contributed by atoms with E-state index in [4.69, 9.17) is 24.7 Å². The van der Waals surface area contributed by atoms with Crippen molar-refractivity contribution in [2.45, 2.75) is 0 Å². The molecule has 0 heterocycles. The Morgan fingerprint density at radius 1 is 0.966 bits per heavy atom. The van der Waals surface area contributed by atoms with Crippen molar-refractivity contribution in [3.05, 3.63) is 47.5 Å². The number of ether oxygens (including phenoxy) is 4. The molecule has 10 nitrogen and oxygen atoms in total. The molecule has 0 aliphatic rings. The van der Waals surface area contributed by atoms with Crippen LogP contribution in [-0.2, 0) is 9.59 Å². The summed E-state index contributed by atoms with van der Waals surface area (Å²) in [5, 5.41) is 3.58. The molecule has 152 valence electrons. The van der Waals surface area contributed by atoms with Gasteiger partial charge in [-0.3, -0.25) is 9.59 Å². The lowest BCUT2D eigenvalue weighted by atomic mass is 10.2. The van der Waals surface area contributed by atoms with Gasteiger partial charge in [0.15, 0.2) is 11.5 Å².